The van der Waals surface area contributed by atoms with Gasteiger partial charge in [-0.05, 0) is 59.1 Å². The summed E-state index contributed by atoms with van der Waals surface area (Å²) in [6.07, 6.45) is 4.18. The summed E-state index contributed by atoms with van der Waals surface area (Å²) in [5.74, 6) is 0.776. The first kappa shape index (κ1) is 39.6. The number of imidazole rings is 2. The van der Waals surface area contributed by atoms with Crippen LogP contribution in [-0.4, -0.2) is 101 Å². The van der Waals surface area contributed by atoms with Gasteiger partial charge in [-0.1, -0.05) is 109 Å². The van der Waals surface area contributed by atoms with Crippen molar-refractivity contribution >= 4 is 24.0 Å². The number of likely N-dealkylation sites (N-methyl/N-ethyl adjacent to an activating group) is 2. The van der Waals surface area contributed by atoms with E-state index in [1.165, 1.54) is 14.1 Å². The van der Waals surface area contributed by atoms with Crippen LogP contribution in [0, 0.1) is 0 Å². The molecule has 8 rings (SSSR count). The number of hydrogen-bond acceptors (Lipinski definition) is 6. The minimum Gasteiger partial charge on any atom is -0.465 e. The number of hydrogen-bond donors (Lipinski definition) is 4. The van der Waals surface area contributed by atoms with Gasteiger partial charge in [0, 0.05) is 27.2 Å². The highest BCUT2D eigenvalue weighted by atomic mass is 16.4. The number of H-pyrrole nitrogens is 2. The summed E-state index contributed by atoms with van der Waals surface area (Å²) in [4.78, 5) is 73.7. The molecule has 60 heavy (non-hydrogen) atoms. The van der Waals surface area contributed by atoms with Crippen LogP contribution in [0.25, 0.3) is 33.6 Å². The molecule has 4 N–H and O–H groups in total. The van der Waals surface area contributed by atoms with Crippen LogP contribution in [0.5, 0.6) is 0 Å². The second kappa shape index (κ2) is 16.9. The highest BCUT2D eigenvalue weighted by Crippen LogP contribution is 2.37. The van der Waals surface area contributed by atoms with Crippen LogP contribution in [0.2, 0.25) is 0 Å². The Bertz CT molecular complexity index is 2300. The molecule has 2 fully saturated rings. The van der Waals surface area contributed by atoms with Crippen molar-refractivity contribution in [3.8, 4) is 33.6 Å². The number of carboxylic acid groups (broad SMARTS) is 2. The summed E-state index contributed by atoms with van der Waals surface area (Å²) in [6.45, 7) is 1.02. The van der Waals surface area contributed by atoms with Crippen LogP contribution < -0.4 is 0 Å². The molecule has 0 saturated carbocycles. The molecular formula is C46H46N8O6. The third kappa shape index (κ3) is 7.83. The zero-order chi connectivity index (χ0) is 41.9. The van der Waals surface area contributed by atoms with Crippen molar-refractivity contribution < 1.29 is 29.4 Å². The number of benzene rings is 4. The molecule has 4 atom stereocenters. The maximum Gasteiger partial charge on any atom is 0.407 e. The van der Waals surface area contributed by atoms with Crippen molar-refractivity contribution in [1.29, 1.82) is 0 Å². The van der Waals surface area contributed by atoms with E-state index < -0.39 is 24.3 Å². The highest BCUT2D eigenvalue weighted by Gasteiger charge is 2.40. The summed E-state index contributed by atoms with van der Waals surface area (Å²) < 4.78 is 0. The average molecular weight is 807 g/mol. The SMILES string of the molecule is CN(C(=O)O)[C@H](C(=O)N1CCC[C@H]1c1ncc(-c2ccc(-c3ccc(-c4cnc([C@@H]5CCCN5C(=O)[C@H](c5ccccc5)N(C)C(=O)O)[nH]4)cc3)cc2)[nH]1)c1ccccc1. The Morgan fingerprint density at radius 1 is 0.567 bits per heavy atom. The lowest BCUT2D eigenvalue weighted by atomic mass is 10.0. The lowest BCUT2D eigenvalue weighted by Crippen LogP contribution is -2.43. The maximum absolute atomic E-state index is 14.0. The van der Waals surface area contributed by atoms with Gasteiger partial charge in [0.2, 0.25) is 0 Å². The van der Waals surface area contributed by atoms with Crippen LogP contribution in [0.15, 0.2) is 122 Å². The van der Waals surface area contributed by atoms with Crippen molar-refractivity contribution in [2.24, 2.45) is 0 Å². The Morgan fingerprint density at radius 3 is 1.27 bits per heavy atom. The molecule has 4 heterocycles. The Hall–Kier alpha value is -7.22. The van der Waals surface area contributed by atoms with Crippen molar-refractivity contribution in [2.75, 3.05) is 27.2 Å². The van der Waals surface area contributed by atoms with E-state index in [9.17, 15) is 29.4 Å². The van der Waals surface area contributed by atoms with Gasteiger partial charge >= 0.3 is 12.2 Å². The highest BCUT2D eigenvalue weighted by molar-refractivity contribution is 5.88. The van der Waals surface area contributed by atoms with Gasteiger partial charge in [-0.2, -0.15) is 0 Å². The van der Waals surface area contributed by atoms with Crippen molar-refractivity contribution in [1.82, 2.24) is 39.5 Å². The monoisotopic (exact) mass is 806 g/mol. The normalized spacial score (nSPS) is 17.3. The summed E-state index contributed by atoms with van der Waals surface area (Å²) in [5.41, 5.74) is 6.79. The first-order chi connectivity index (χ1) is 29.1. The van der Waals surface area contributed by atoms with E-state index in [4.69, 9.17) is 0 Å². The second-order valence-electron chi connectivity index (χ2n) is 15.3. The second-order valence-corrected chi connectivity index (χ2v) is 15.3. The molecule has 6 aromatic rings. The largest absolute Gasteiger partial charge is 0.465 e. The molecule has 0 bridgehead atoms. The minimum atomic E-state index is -1.18. The fourth-order valence-corrected chi connectivity index (χ4v) is 8.49. The van der Waals surface area contributed by atoms with E-state index in [0.717, 1.165) is 56.3 Å². The number of carbonyl (C=O) groups excluding carboxylic acids is 2. The van der Waals surface area contributed by atoms with E-state index in [0.29, 0.717) is 48.7 Å². The number of nitrogens with one attached hydrogen (secondary N) is 2. The summed E-state index contributed by atoms with van der Waals surface area (Å²) in [5, 5.41) is 19.6. The molecule has 14 heteroatoms. The molecule has 0 radical (unpaired) electrons. The van der Waals surface area contributed by atoms with Crippen LogP contribution in [0.1, 0.15) is 72.6 Å². The molecule has 4 aromatic carbocycles. The van der Waals surface area contributed by atoms with Gasteiger partial charge in [-0.15, -0.1) is 0 Å². The molecule has 14 nitrogen and oxygen atoms in total. The Kier molecular flexibility index (Phi) is 11.2. The number of amides is 4. The van der Waals surface area contributed by atoms with E-state index in [-0.39, 0.29) is 23.9 Å². The van der Waals surface area contributed by atoms with E-state index in [1.54, 1.807) is 70.7 Å². The van der Waals surface area contributed by atoms with Gasteiger partial charge in [-0.25, -0.2) is 19.6 Å². The number of rotatable bonds is 11. The number of nitrogens with zero attached hydrogens (tertiary/aromatic N) is 6. The number of aromatic nitrogens is 4. The van der Waals surface area contributed by atoms with Crippen molar-refractivity contribution in [3.63, 3.8) is 0 Å². The summed E-state index contributed by atoms with van der Waals surface area (Å²) in [6, 6.07) is 31.7. The lowest BCUT2D eigenvalue weighted by molar-refractivity contribution is -0.138. The Morgan fingerprint density at radius 2 is 0.917 bits per heavy atom. The lowest BCUT2D eigenvalue weighted by Gasteiger charge is -2.32. The van der Waals surface area contributed by atoms with E-state index in [2.05, 4.69) is 19.9 Å². The van der Waals surface area contributed by atoms with Crippen LogP contribution in [-0.2, 0) is 9.59 Å². The van der Waals surface area contributed by atoms with Gasteiger partial charge in [0.25, 0.3) is 11.8 Å². The first-order valence-corrected chi connectivity index (χ1v) is 20.0. The Balaban J connectivity index is 0.938. The van der Waals surface area contributed by atoms with Gasteiger partial charge in [-0.3, -0.25) is 19.4 Å². The summed E-state index contributed by atoms with van der Waals surface area (Å²) in [7, 11) is 2.85. The molecular weight excluding hydrogens is 761 g/mol. The van der Waals surface area contributed by atoms with Crippen molar-refractivity contribution in [2.45, 2.75) is 49.9 Å². The zero-order valence-electron chi connectivity index (χ0n) is 33.3. The first-order valence-electron chi connectivity index (χ1n) is 20.0. The van der Waals surface area contributed by atoms with E-state index >= 15 is 0 Å². The van der Waals surface area contributed by atoms with Crippen molar-refractivity contribution in [3.05, 3.63) is 144 Å². The topological polar surface area (TPSA) is 179 Å². The zero-order valence-corrected chi connectivity index (χ0v) is 33.3. The molecule has 0 spiro atoms. The van der Waals surface area contributed by atoms with Gasteiger partial charge < -0.3 is 30.0 Å². The van der Waals surface area contributed by atoms with Crippen LogP contribution in [0.3, 0.4) is 0 Å². The van der Waals surface area contributed by atoms with E-state index in [1.807, 2.05) is 60.7 Å². The molecule has 2 aliphatic rings. The summed E-state index contributed by atoms with van der Waals surface area (Å²) >= 11 is 0. The molecule has 4 amide bonds. The predicted molar refractivity (Wildman–Crippen MR) is 224 cm³/mol. The number of likely N-dealkylation sites (tertiary alicyclic amines) is 2. The molecule has 2 aliphatic heterocycles. The third-order valence-corrected chi connectivity index (χ3v) is 11.7. The van der Waals surface area contributed by atoms with Crippen LogP contribution >= 0.6 is 0 Å². The van der Waals surface area contributed by atoms with Gasteiger partial charge in [0.1, 0.15) is 23.7 Å². The number of carbonyl (C=O) groups is 4. The van der Waals surface area contributed by atoms with Gasteiger partial charge in [0.15, 0.2) is 0 Å². The smallest absolute Gasteiger partial charge is 0.407 e. The molecule has 0 aliphatic carbocycles. The third-order valence-electron chi connectivity index (χ3n) is 11.7. The fraction of sp³-hybridized carbons (Fsp3) is 0.261. The number of aromatic amines is 2. The fourth-order valence-electron chi connectivity index (χ4n) is 8.49. The standard InChI is InChI=1S/C46H46N8O6/c1-51(45(57)58)39(33-11-5-3-6-12-33)43(55)53-25-9-15-37(53)41-47-27-35(49-41)31-21-17-29(18-22-31)30-19-23-32(24-20-30)36-28-48-42(50-36)38-16-10-26-54(38)44(56)40(52(2)46(59)60)34-13-7-4-8-14-34/h3-8,11-14,17-24,27-28,37-40H,9-10,15-16,25-26H2,1-2H3,(H,47,49)(H,48,50)(H,57,58)(H,59,60)/t37-,38-,39-,40-/m0/s1. The minimum absolute atomic E-state index is 0.276. The molecule has 306 valence electrons. The van der Waals surface area contributed by atoms with Gasteiger partial charge in [0.05, 0.1) is 35.9 Å². The maximum atomic E-state index is 14.0. The quantitative estimate of drug-likeness (QED) is 0.101. The molecule has 2 saturated heterocycles. The van der Waals surface area contributed by atoms with Crippen LogP contribution in [0.4, 0.5) is 9.59 Å². The molecule has 0 unspecified atom stereocenters. The average Bonchev–Trinajstić information content (AvgIpc) is 4.12. The molecule has 2 aromatic heterocycles. The predicted octanol–water partition coefficient (Wildman–Crippen LogP) is 8.16. The Labute approximate surface area is 347 Å².